The van der Waals surface area contributed by atoms with Crippen molar-refractivity contribution in [1.29, 1.82) is 0 Å². The van der Waals surface area contributed by atoms with E-state index in [0.717, 1.165) is 48.7 Å². The van der Waals surface area contributed by atoms with Crippen molar-refractivity contribution in [3.05, 3.63) is 46.4 Å². The van der Waals surface area contributed by atoms with Gasteiger partial charge in [0.05, 0.1) is 5.69 Å². The molecule has 0 aliphatic carbocycles. The first-order chi connectivity index (χ1) is 10.2. The average molecular weight is 301 g/mol. The van der Waals surface area contributed by atoms with Gasteiger partial charge in [0.25, 0.3) is 0 Å². The monoisotopic (exact) mass is 301 g/mol. The maximum Gasteiger partial charge on any atom is 0.133 e. The van der Waals surface area contributed by atoms with E-state index < -0.39 is 0 Å². The number of benzene rings is 1. The largest absolute Gasteiger partial charge is 0.343 e. The fourth-order valence-electron chi connectivity index (χ4n) is 2.40. The van der Waals surface area contributed by atoms with Crippen molar-refractivity contribution < 1.29 is 0 Å². The van der Waals surface area contributed by atoms with Gasteiger partial charge in [-0.05, 0) is 25.6 Å². The quantitative estimate of drug-likeness (QED) is 0.818. The molecule has 3 nitrogen and oxygen atoms in total. The second kappa shape index (κ2) is 7.48. The first-order valence-corrected chi connectivity index (χ1v) is 7.94. The molecule has 1 aromatic carbocycles. The lowest BCUT2D eigenvalue weighted by atomic mass is 10.1. The minimum absolute atomic E-state index is 0.696. The summed E-state index contributed by atoms with van der Waals surface area (Å²) in [5, 5.41) is 0. The Kier molecular flexibility index (Phi) is 5.65. The van der Waals surface area contributed by atoms with Crippen LogP contribution in [-0.2, 0) is 6.42 Å². The van der Waals surface area contributed by atoms with E-state index in [-0.39, 0.29) is 0 Å². The average Bonchev–Trinajstić information content (AvgIpc) is 2.52. The molecule has 2 aromatic rings. The van der Waals surface area contributed by atoms with Crippen molar-refractivity contribution in [3.8, 4) is 11.3 Å². The first-order valence-electron chi connectivity index (χ1n) is 7.53. The molecule has 0 radical (unpaired) electrons. The first kappa shape index (κ1) is 15.9. The molecular formula is C17H23N3S. The Morgan fingerprint density at radius 3 is 2.43 bits per heavy atom. The lowest BCUT2D eigenvalue weighted by Gasteiger charge is -2.18. The summed E-state index contributed by atoms with van der Waals surface area (Å²) >= 11 is 5.42. The zero-order valence-electron chi connectivity index (χ0n) is 13.0. The van der Waals surface area contributed by atoms with Gasteiger partial charge in [0.2, 0.25) is 0 Å². The van der Waals surface area contributed by atoms with Crippen molar-refractivity contribution in [2.75, 3.05) is 19.6 Å². The third-order valence-electron chi connectivity index (χ3n) is 3.82. The molecule has 1 heterocycles. The number of aromatic amines is 1. The van der Waals surface area contributed by atoms with Gasteiger partial charge in [-0.15, -0.1) is 0 Å². The van der Waals surface area contributed by atoms with Crippen molar-refractivity contribution >= 4 is 12.2 Å². The van der Waals surface area contributed by atoms with Crippen LogP contribution >= 0.6 is 12.2 Å². The van der Waals surface area contributed by atoms with Gasteiger partial charge in [-0.2, -0.15) is 0 Å². The van der Waals surface area contributed by atoms with Crippen molar-refractivity contribution in [1.82, 2.24) is 14.9 Å². The molecule has 4 heteroatoms. The van der Waals surface area contributed by atoms with Crippen molar-refractivity contribution in [2.45, 2.75) is 27.2 Å². The molecule has 0 atom stereocenters. The number of hydrogen-bond donors (Lipinski definition) is 1. The van der Waals surface area contributed by atoms with Crippen molar-refractivity contribution in [3.63, 3.8) is 0 Å². The van der Waals surface area contributed by atoms with E-state index >= 15 is 0 Å². The summed E-state index contributed by atoms with van der Waals surface area (Å²) in [7, 11) is 0. The standard InChI is InChI=1S/C17H23N3S/c1-4-20(5-2)12-11-15-18-16(13(3)17(21)19-15)14-9-7-6-8-10-14/h6-10H,4-5,11-12H2,1-3H3,(H,18,19,21). The minimum atomic E-state index is 0.696. The number of nitrogens with one attached hydrogen (secondary N) is 1. The lowest BCUT2D eigenvalue weighted by molar-refractivity contribution is 0.305. The predicted octanol–water partition coefficient (Wildman–Crippen LogP) is 4.00. The SMILES string of the molecule is CCN(CC)CCc1nc(=S)c(C)c(-c2ccccc2)[nH]1. The molecule has 0 fully saturated rings. The Morgan fingerprint density at radius 1 is 1.14 bits per heavy atom. The molecule has 0 saturated heterocycles. The Bertz CT molecular complexity index is 630. The van der Waals surface area contributed by atoms with Crippen LogP contribution in [0.3, 0.4) is 0 Å². The molecule has 0 aliphatic rings. The van der Waals surface area contributed by atoms with Gasteiger partial charge >= 0.3 is 0 Å². The summed E-state index contributed by atoms with van der Waals surface area (Å²) in [4.78, 5) is 10.4. The second-order valence-electron chi connectivity index (χ2n) is 5.13. The normalized spacial score (nSPS) is 11.0. The van der Waals surface area contributed by atoms with Gasteiger partial charge < -0.3 is 9.88 Å². The van der Waals surface area contributed by atoms with E-state index in [2.05, 4.69) is 40.8 Å². The molecule has 112 valence electrons. The van der Waals surface area contributed by atoms with E-state index in [1.807, 2.05) is 25.1 Å². The van der Waals surface area contributed by atoms with Gasteiger partial charge in [-0.25, -0.2) is 4.98 Å². The summed E-state index contributed by atoms with van der Waals surface area (Å²) in [6, 6.07) is 10.3. The third kappa shape index (κ3) is 3.99. The number of hydrogen-bond acceptors (Lipinski definition) is 3. The maximum atomic E-state index is 5.42. The van der Waals surface area contributed by atoms with Crippen LogP contribution in [0.1, 0.15) is 25.2 Å². The molecule has 2 rings (SSSR count). The smallest absolute Gasteiger partial charge is 0.133 e. The number of likely N-dealkylation sites (N-methyl/N-ethyl adjacent to an activating group) is 1. The number of aromatic nitrogens is 2. The molecule has 1 aromatic heterocycles. The second-order valence-corrected chi connectivity index (χ2v) is 5.52. The Labute approximate surface area is 132 Å². The summed E-state index contributed by atoms with van der Waals surface area (Å²) < 4.78 is 0.696. The van der Waals surface area contributed by atoms with E-state index in [9.17, 15) is 0 Å². The van der Waals surface area contributed by atoms with Crippen LogP contribution in [0.5, 0.6) is 0 Å². The van der Waals surface area contributed by atoms with E-state index in [0.29, 0.717) is 4.64 Å². The van der Waals surface area contributed by atoms with Crippen LogP contribution in [0, 0.1) is 11.6 Å². The molecule has 1 N–H and O–H groups in total. The highest BCUT2D eigenvalue weighted by Crippen LogP contribution is 2.21. The highest BCUT2D eigenvalue weighted by Gasteiger charge is 2.08. The van der Waals surface area contributed by atoms with E-state index in [4.69, 9.17) is 12.2 Å². The lowest BCUT2D eigenvalue weighted by Crippen LogP contribution is -2.26. The number of nitrogens with zero attached hydrogens (tertiary/aromatic N) is 2. The maximum absolute atomic E-state index is 5.42. The fourth-order valence-corrected chi connectivity index (χ4v) is 2.61. The highest BCUT2D eigenvalue weighted by atomic mass is 32.1. The molecule has 0 aliphatic heterocycles. The molecule has 0 spiro atoms. The van der Waals surface area contributed by atoms with Gasteiger partial charge in [-0.1, -0.05) is 56.4 Å². The summed E-state index contributed by atoms with van der Waals surface area (Å²) in [6.45, 7) is 9.53. The van der Waals surface area contributed by atoms with E-state index in [1.165, 1.54) is 0 Å². The minimum Gasteiger partial charge on any atom is -0.343 e. The third-order valence-corrected chi connectivity index (χ3v) is 4.22. The predicted molar refractivity (Wildman–Crippen MR) is 91.1 cm³/mol. The molecule has 0 saturated carbocycles. The van der Waals surface area contributed by atoms with Gasteiger partial charge in [0, 0.05) is 18.5 Å². The Morgan fingerprint density at radius 2 is 1.81 bits per heavy atom. The molecule has 0 amide bonds. The highest BCUT2D eigenvalue weighted by molar-refractivity contribution is 7.71. The van der Waals surface area contributed by atoms with Gasteiger partial charge in [0.1, 0.15) is 10.5 Å². The molecule has 0 unspecified atom stereocenters. The molecular weight excluding hydrogens is 278 g/mol. The zero-order chi connectivity index (χ0) is 15.2. The summed E-state index contributed by atoms with van der Waals surface area (Å²) in [5.41, 5.74) is 3.29. The zero-order valence-corrected chi connectivity index (χ0v) is 13.8. The van der Waals surface area contributed by atoms with Crippen LogP contribution in [0.15, 0.2) is 30.3 Å². The number of H-pyrrole nitrogens is 1. The number of rotatable bonds is 6. The van der Waals surface area contributed by atoms with Crippen molar-refractivity contribution in [2.24, 2.45) is 0 Å². The summed E-state index contributed by atoms with van der Waals surface area (Å²) in [6.07, 6.45) is 0.894. The van der Waals surface area contributed by atoms with Crippen LogP contribution in [0.25, 0.3) is 11.3 Å². The Hall–Kier alpha value is -1.52. The Balaban J connectivity index is 2.29. The van der Waals surface area contributed by atoms with Crippen LogP contribution in [0.4, 0.5) is 0 Å². The molecule has 0 bridgehead atoms. The molecule has 21 heavy (non-hydrogen) atoms. The van der Waals surface area contributed by atoms with Crippen LogP contribution in [0.2, 0.25) is 0 Å². The van der Waals surface area contributed by atoms with Crippen LogP contribution in [-0.4, -0.2) is 34.5 Å². The van der Waals surface area contributed by atoms with Crippen LogP contribution < -0.4 is 0 Å². The van der Waals surface area contributed by atoms with Gasteiger partial charge in [-0.3, -0.25) is 0 Å². The summed E-state index contributed by atoms with van der Waals surface area (Å²) in [5.74, 6) is 0.969. The van der Waals surface area contributed by atoms with E-state index in [1.54, 1.807) is 0 Å². The topological polar surface area (TPSA) is 31.9 Å². The fraction of sp³-hybridized carbons (Fsp3) is 0.412. The van der Waals surface area contributed by atoms with Gasteiger partial charge in [0.15, 0.2) is 0 Å².